The summed E-state index contributed by atoms with van der Waals surface area (Å²) in [6, 6.07) is 15.6. The van der Waals surface area contributed by atoms with Gasteiger partial charge in [0.25, 0.3) is 5.91 Å². The molecule has 8 heteroatoms. The minimum Gasteiger partial charge on any atom is -0.489 e. The highest BCUT2D eigenvalue weighted by molar-refractivity contribution is 6.10. The van der Waals surface area contributed by atoms with E-state index in [1.807, 2.05) is 6.07 Å². The number of carbonyl (C=O) groups is 3. The molecule has 0 atom stereocenters. The Morgan fingerprint density at radius 2 is 1.94 bits per heavy atom. The average molecular weight is 418 g/mol. The van der Waals surface area contributed by atoms with Crippen molar-refractivity contribution in [3.8, 4) is 11.8 Å². The fourth-order valence-electron chi connectivity index (χ4n) is 4.04. The molecule has 31 heavy (non-hydrogen) atoms. The molecule has 8 nitrogen and oxygen atoms in total. The Morgan fingerprint density at radius 1 is 1.16 bits per heavy atom. The van der Waals surface area contributed by atoms with Gasteiger partial charge < -0.3 is 15.4 Å². The molecular formula is C23H22N4O4. The van der Waals surface area contributed by atoms with Crippen molar-refractivity contribution < 1.29 is 19.1 Å². The summed E-state index contributed by atoms with van der Waals surface area (Å²) in [5, 5.41) is 14.5. The van der Waals surface area contributed by atoms with E-state index < -0.39 is 17.5 Å². The minimum atomic E-state index is -0.825. The first kappa shape index (κ1) is 20.4. The molecule has 158 valence electrons. The zero-order valence-electron chi connectivity index (χ0n) is 16.9. The first-order valence-corrected chi connectivity index (χ1v) is 10.1. The number of amides is 4. The van der Waals surface area contributed by atoms with Crippen molar-refractivity contribution >= 4 is 23.5 Å². The number of nitrogens with one attached hydrogen (secondary N) is 2. The van der Waals surface area contributed by atoms with E-state index in [2.05, 4.69) is 16.7 Å². The normalized spacial score (nSPS) is 16.8. The zero-order chi connectivity index (χ0) is 21.8. The minimum absolute atomic E-state index is 0.275. The van der Waals surface area contributed by atoms with Gasteiger partial charge in [0.15, 0.2) is 0 Å². The number of carbonyl (C=O) groups excluding carboxylic acids is 3. The van der Waals surface area contributed by atoms with Gasteiger partial charge in [-0.1, -0.05) is 31.0 Å². The van der Waals surface area contributed by atoms with Crippen LogP contribution in [0.5, 0.6) is 5.75 Å². The molecule has 1 heterocycles. The third kappa shape index (κ3) is 4.36. The number of nitriles is 1. The molecule has 2 aliphatic rings. The molecular weight excluding hydrogens is 396 g/mol. The van der Waals surface area contributed by atoms with Gasteiger partial charge in [-0.2, -0.15) is 5.26 Å². The molecule has 1 saturated heterocycles. The van der Waals surface area contributed by atoms with Crippen molar-refractivity contribution in [3.63, 3.8) is 0 Å². The van der Waals surface area contributed by atoms with E-state index in [1.54, 1.807) is 42.5 Å². The van der Waals surface area contributed by atoms with Gasteiger partial charge in [-0.3, -0.25) is 14.5 Å². The summed E-state index contributed by atoms with van der Waals surface area (Å²) in [7, 11) is 0. The lowest BCUT2D eigenvalue weighted by Gasteiger charge is -2.19. The number of nitrogens with zero attached hydrogens (tertiary/aromatic N) is 2. The molecule has 0 unspecified atom stereocenters. The number of ether oxygens (including phenoxy) is 1. The molecule has 2 fully saturated rings. The number of benzene rings is 2. The predicted molar refractivity (Wildman–Crippen MR) is 112 cm³/mol. The van der Waals surface area contributed by atoms with E-state index in [1.165, 1.54) is 0 Å². The quantitative estimate of drug-likeness (QED) is 0.701. The Kier molecular flexibility index (Phi) is 5.58. The Bertz CT molecular complexity index is 1070. The van der Waals surface area contributed by atoms with Gasteiger partial charge in [-0.15, -0.1) is 0 Å². The van der Waals surface area contributed by atoms with Crippen molar-refractivity contribution in [1.29, 1.82) is 5.26 Å². The van der Waals surface area contributed by atoms with Gasteiger partial charge in [0.05, 0.1) is 11.6 Å². The SMILES string of the molecule is N#Cc1cccc(COc2cccc(NC(=O)CN3C(=O)NC4(CCCC4)C3=O)c2)c1. The maximum absolute atomic E-state index is 12.7. The summed E-state index contributed by atoms with van der Waals surface area (Å²) in [5.74, 6) is -0.237. The smallest absolute Gasteiger partial charge is 0.325 e. The topological polar surface area (TPSA) is 112 Å². The monoisotopic (exact) mass is 418 g/mol. The van der Waals surface area contributed by atoms with Crippen molar-refractivity contribution in [2.24, 2.45) is 0 Å². The maximum Gasteiger partial charge on any atom is 0.325 e. The second-order valence-electron chi connectivity index (χ2n) is 7.79. The third-order valence-electron chi connectivity index (χ3n) is 5.58. The number of hydrogen-bond donors (Lipinski definition) is 2. The Labute approximate surface area is 179 Å². The molecule has 2 N–H and O–H groups in total. The molecule has 0 bridgehead atoms. The second-order valence-corrected chi connectivity index (χ2v) is 7.79. The summed E-state index contributed by atoms with van der Waals surface area (Å²) in [5.41, 5.74) is 1.08. The molecule has 2 aromatic rings. The molecule has 1 aliphatic heterocycles. The van der Waals surface area contributed by atoms with E-state index in [0.717, 1.165) is 23.3 Å². The summed E-state index contributed by atoms with van der Waals surface area (Å²) >= 11 is 0. The van der Waals surface area contributed by atoms with E-state index in [9.17, 15) is 14.4 Å². The van der Waals surface area contributed by atoms with Crippen LogP contribution in [0.4, 0.5) is 10.5 Å². The van der Waals surface area contributed by atoms with Crippen molar-refractivity contribution in [2.45, 2.75) is 37.8 Å². The van der Waals surface area contributed by atoms with Crippen molar-refractivity contribution in [2.75, 3.05) is 11.9 Å². The molecule has 0 radical (unpaired) electrons. The van der Waals surface area contributed by atoms with Crippen LogP contribution < -0.4 is 15.4 Å². The van der Waals surface area contributed by atoms with E-state index in [0.29, 0.717) is 29.8 Å². The summed E-state index contributed by atoms with van der Waals surface area (Å²) in [6.07, 6.45) is 3.01. The zero-order valence-corrected chi connectivity index (χ0v) is 16.9. The highest BCUT2D eigenvalue weighted by Crippen LogP contribution is 2.35. The number of rotatable bonds is 6. The molecule has 2 aromatic carbocycles. The van der Waals surface area contributed by atoms with E-state index in [-0.39, 0.29) is 19.1 Å². The van der Waals surface area contributed by atoms with Gasteiger partial charge in [-0.25, -0.2) is 4.79 Å². The van der Waals surface area contributed by atoms with E-state index >= 15 is 0 Å². The maximum atomic E-state index is 12.7. The van der Waals surface area contributed by atoms with Crippen LogP contribution in [0.15, 0.2) is 48.5 Å². The van der Waals surface area contributed by atoms with Crippen LogP contribution in [0, 0.1) is 11.3 Å². The van der Waals surface area contributed by atoms with Gasteiger partial charge in [0, 0.05) is 11.8 Å². The number of hydrogen-bond acceptors (Lipinski definition) is 5. The molecule has 0 aromatic heterocycles. The Balaban J connectivity index is 1.35. The van der Waals surface area contributed by atoms with E-state index in [4.69, 9.17) is 10.00 Å². The van der Waals surface area contributed by atoms with Gasteiger partial charge >= 0.3 is 6.03 Å². The molecule has 4 amide bonds. The lowest BCUT2D eigenvalue weighted by atomic mass is 9.98. The Morgan fingerprint density at radius 3 is 2.71 bits per heavy atom. The number of imide groups is 1. The molecule has 4 rings (SSSR count). The third-order valence-corrected chi connectivity index (χ3v) is 5.58. The fraction of sp³-hybridized carbons (Fsp3) is 0.304. The van der Waals surface area contributed by atoms with Crippen LogP contribution >= 0.6 is 0 Å². The lowest BCUT2D eigenvalue weighted by Crippen LogP contribution is -2.44. The first-order chi connectivity index (χ1) is 15.0. The molecule has 1 aliphatic carbocycles. The van der Waals surface area contributed by atoms with Crippen molar-refractivity contribution in [1.82, 2.24) is 10.2 Å². The summed E-state index contributed by atoms with van der Waals surface area (Å²) in [4.78, 5) is 38.4. The Hall–Kier alpha value is -3.86. The van der Waals surface area contributed by atoms with Gasteiger partial charge in [-0.05, 0) is 42.7 Å². The highest BCUT2D eigenvalue weighted by atomic mass is 16.5. The second kappa shape index (κ2) is 8.48. The summed E-state index contributed by atoms with van der Waals surface area (Å²) < 4.78 is 5.76. The summed E-state index contributed by atoms with van der Waals surface area (Å²) in [6.45, 7) is -0.0596. The number of anilines is 1. The largest absolute Gasteiger partial charge is 0.489 e. The highest BCUT2D eigenvalue weighted by Gasteiger charge is 2.52. The predicted octanol–water partition coefficient (Wildman–Crippen LogP) is 2.94. The van der Waals surface area contributed by atoms with Crippen LogP contribution in [0.25, 0.3) is 0 Å². The van der Waals surface area contributed by atoms with Gasteiger partial charge in [0.2, 0.25) is 5.91 Å². The van der Waals surface area contributed by atoms with Crippen molar-refractivity contribution in [3.05, 3.63) is 59.7 Å². The van der Waals surface area contributed by atoms with Crippen LogP contribution in [-0.4, -0.2) is 34.8 Å². The fourth-order valence-corrected chi connectivity index (χ4v) is 4.04. The van der Waals surface area contributed by atoms with Crippen LogP contribution in [0.2, 0.25) is 0 Å². The molecule has 1 saturated carbocycles. The standard InChI is InChI=1S/C23H22N4O4/c24-13-16-5-3-6-17(11-16)15-31-19-8-4-7-18(12-19)25-20(28)14-27-21(29)23(26-22(27)30)9-1-2-10-23/h3-8,11-12H,1-2,9-10,14-15H2,(H,25,28)(H,26,30). The first-order valence-electron chi connectivity index (χ1n) is 10.1. The van der Waals surface area contributed by atoms with Gasteiger partial charge in [0.1, 0.15) is 24.4 Å². The lowest BCUT2D eigenvalue weighted by molar-refractivity contribution is -0.133. The van der Waals surface area contributed by atoms with Crippen LogP contribution in [0.1, 0.15) is 36.8 Å². The average Bonchev–Trinajstić information content (AvgIpc) is 3.33. The number of urea groups is 1. The van der Waals surface area contributed by atoms with Crippen LogP contribution in [0.3, 0.4) is 0 Å². The molecule has 1 spiro atoms. The van der Waals surface area contributed by atoms with Crippen LogP contribution in [-0.2, 0) is 16.2 Å².